The van der Waals surface area contributed by atoms with Crippen LogP contribution < -0.4 is 0 Å². The van der Waals surface area contributed by atoms with E-state index in [0.717, 1.165) is 35.0 Å². The molecular formula is C15H20BrNO. The molecule has 0 N–H and O–H groups in total. The number of carbonyl (C=O) groups excluding carboxylic acids is 1. The maximum absolute atomic E-state index is 12.6. The first-order valence-electron chi connectivity index (χ1n) is 6.70. The van der Waals surface area contributed by atoms with E-state index >= 15 is 0 Å². The number of hydrogen-bond donors (Lipinski definition) is 0. The quantitative estimate of drug-likeness (QED) is 0.821. The minimum absolute atomic E-state index is 0.184. The molecule has 98 valence electrons. The zero-order chi connectivity index (χ0) is 13.1. The molecule has 18 heavy (non-hydrogen) atoms. The lowest BCUT2D eigenvalue weighted by Gasteiger charge is -2.28. The van der Waals surface area contributed by atoms with E-state index in [1.165, 1.54) is 12.8 Å². The van der Waals surface area contributed by atoms with Crippen LogP contribution in [0.15, 0.2) is 22.7 Å². The summed E-state index contributed by atoms with van der Waals surface area (Å²) in [5.74, 6) is 0.184. The van der Waals surface area contributed by atoms with Gasteiger partial charge in [0.1, 0.15) is 0 Å². The summed E-state index contributed by atoms with van der Waals surface area (Å²) in [6, 6.07) is 6.37. The molecule has 2 nitrogen and oxygen atoms in total. The SMILES string of the molecule is CCN(C(=O)c1cc(Br)ccc1C)C1CCCC1. The Hall–Kier alpha value is -0.830. The lowest BCUT2D eigenvalue weighted by molar-refractivity contribution is 0.0693. The fraction of sp³-hybridized carbons (Fsp3) is 0.533. The van der Waals surface area contributed by atoms with Gasteiger partial charge in [-0.3, -0.25) is 4.79 Å². The Morgan fingerprint density at radius 3 is 2.67 bits per heavy atom. The fourth-order valence-electron chi connectivity index (χ4n) is 2.76. The Bertz CT molecular complexity index is 438. The van der Waals surface area contributed by atoms with Gasteiger partial charge in [-0.2, -0.15) is 0 Å². The predicted octanol–water partition coefficient (Wildman–Crippen LogP) is 4.16. The number of hydrogen-bond acceptors (Lipinski definition) is 1. The maximum Gasteiger partial charge on any atom is 0.254 e. The van der Waals surface area contributed by atoms with Crippen LogP contribution in [-0.4, -0.2) is 23.4 Å². The van der Waals surface area contributed by atoms with Crippen LogP contribution in [0.3, 0.4) is 0 Å². The monoisotopic (exact) mass is 309 g/mol. The maximum atomic E-state index is 12.6. The largest absolute Gasteiger partial charge is 0.336 e. The molecule has 2 rings (SSSR count). The van der Waals surface area contributed by atoms with Crippen molar-refractivity contribution >= 4 is 21.8 Å². The summed E-state index contributed by atoms with van der Waals surface area (Å²) >= 11 is 3.45. The van der Waals surface area contributed by atoms with E-state index in [4.69, 9.17) is 0 Å². The van der Waals surface area contributed by atoms with Crippen molar-refractivity contribution in [3.8, 4) is 0 Å². The van der Waals surface area contributed by atoms with Gasteiger partial charge in [-0.05, 0) is 44.4 Å². The van der Waals surface area contributed by atoms with Crippen LogP contribution in [-0.2, 0) is 0 Å². The number of aryl methyl sites for hydroxylation is 1. The molecule has 1 saturated carbocycles. The standard InChI is InChI=1S/C15H20BrNO/c1-3-17(13-6-4-5-7-13)15(18)14-10-12(16)9-8-11(14)2/h8-10,13H,3-7H2,1-2H3. The first-order valence-corrected chi connectivity index (χ1v) is 7.50. The second kappa shape index (κ2) is 5.87. The highest BCUT2D eigenvalue weighted by molar-refractivity contribution is 9.10. The van der Waals surface area contributed by atoms with E-state index in [2.05, 4.69) is 22.9 Å². The molecule has 0 atom stereocenters. The lowest BCUT2D eigenvalue weighted by atomic mass is 10.1. The molecule has 1 amide bonds. The van der Waals surface area contributed by atoms with Gasteiger partial charge < -0.3 is 4.90 Å². The number of nitrogens with zero attached hydrogens (tertiary/aromatic N) is 1. The highest BCUT2D eigenvalue weighted by atomic mass is 79.9. The highest BCUT2D eigenvalue weighted by Gasteiger charge is 2.26. The molecular weight excluding hydrogens is 290 g/mol. The molecule has 0 saturated heterocycles. The molecule has 0 unspecified atom stereocenters. The molecule has 0 spiro atoms. The molecule has 1 aromatic carbocycles. The Kier molecular flexibility index (Phi) is 4.44. The topological polar surface area (TPSA) is 20.3 Å². The van der Waals surface area contributed by atoms with Gasteiger partial charge in [-0.25, -0.2) is 0 Å². The Balaban J connectivity index is 2.25. The van der Waals surface area contributed by atoms with Gasteiger partial charge in [-0.15, -0.1) is 0 Å². The van der Waals surface area contributed by atoms with Crippen LogP contribution in [0.1, 0.15) is 48.5 Å². The van der Waals surface area contributed by atoms with E-state index in [1.54, 1.807) is 0 Å². The van der Waals surface area contributed by atoms with Gasteiger partial charge in [0.05, 0.1) is 0 Å². The normalized spacial score (nSPS) is 15.9. The number of amides is 1. The predicted molar refractivity (Wildman–Crippen MR) is 77.8 cm³/mol. The summed E-state index contributed by atoms with van der Waals surface area (Å²) in [5, 5.41) is 0. The summed E-state index contributed by atoms with van der Waals surface area (Å²) in [7, 11) is 0. The minimum atomic E-state index is 0.184. The molecule has 1 fully saturated rings. The van der Waals surface area contributed by atoms with Crippen molar-refractivity contribution in [2.45, 2.75) is 45.6 Å². The second-order valence-corrected chi connectivity index (χ2v) is 5.90. The van der Waals surface area contributed by atoms with Crippen molar-refractivity contribution in [2.24, 2.45) is 0 Å². The number of benzene rings is 1. The first kappa shape index (κ1) is 13.6. The summed E-state index contributed by atoms with van der Waals surface area (Å²) in [5.41, 5.74) is 1.89. The Morgan fingerprint density at radius 1 is 1.39 bits per heavy atom. The molecule has 0 aromatic heterocycles. The minimum Gasteiger partial charge on any atom is -0.336 e. The lowest BCUT2D eigenvalue weighted by Crippen LogP contribution is -2.38. The second-order valence-electron chi connectivity index (χ2n) is 4.99. The number of carbonyl (C=O) groups is 1. The van der Waals surface area contributed by atoms with E-state index in [-0.39, 0.29) is 5.91 Å². The van der Waals surface area contributed by atoms with Crippen LogP contribution in [0.2, 0.25) is 0 Å². The van der Waals surface area contributed by atoms with Crippen molar-refractivity contribution in [1.82, 2.24) is 4.90 Å². The van der Waals surface area contributed by atoms with Gasteiger partial charge in [-0.1, -0.05) is 34.8 Å². The fourth-order valence-corrected chi connectivity index (χ4v) is 3.12. The average molecular weight is 310 g/mol. The molecule has 3 heteroatoms. The van der Waals surface area contributed by atoms with E-state index in [9.17, 15) is 4.79 Å². The average Bonchev–Trinajstić information content (AvgIpc) is 2.87. The van der Waals surface area contributed by atoms with Gasteiger partial charge in [0.2, 0.25) is 0 Å². The summed E-state index contributed by atoms with van der Waals surface area (Å²) in [6.45, 7) is 4.88. The van der Waals surface area contributed by atoms with Crippen LogP contribution in [0.5, 0.6) is 0 Å². The van der Waals surface area contributed by atoms with Crippen molar-refractivity contribution in [1.29, 1.82) is 0 Å². The van der Waals surface area contributed by atoms with Crippen molar-refractivity contribution in [3.05, 3.63) is 33.8 Å². The van der Waals surface area contributed by atoms with Crippen LogP contribution in [0.25, 0.3) is 0 Å². The van der Waals surface area contributed by atoms with Crippen LogP contribution >= 0.6 is 15.9 Å². The summed E-state index contributed by atoms with van der Waals surface area (Å²) in [6.07, 6.45) is 4.83. The zero-order valence-electron chi connectivity index (χ0n) is 11.1. The molecule has 1 aliphatic carbocycles. The van der Waals surface area contributed by atoms with Crippen LogP contribution in [0.4, 0.5) is 0 Å². The molecule has 0 bridgehead atoms. The van der Waals surface area contributed by atoms with Crippen molar-refractivity contribution in [3.63, 3.8) is 0 Å². The number of rotatable bonds is 3. The van der Waals surface area contributed by atoms with Gasteiger partial charge in [0.15, 0.2) is 0 Å². The molecule has 1 aliphatic rings. The van der Waals surface area contributed by atoms with Gasteiger partial charge in [0, 0.05) is 22.6 Å². The molecule has 0 heterocycles. The Labute approximate surface area is 117 Å². The Morgan fingerprint density at radius 2 is 2.06 bits per heavy atom. The first-order chi connectivity index (χ1) is 8.63. The smallest absolute Gasteiger partial charge is 0.254 e. The molecule has 0 radical (unpaired) electrons. The summed E-state index contributed by atoms with van der Waals surface area (Å²) in [4.78, 5) is 14.7. The third-order valence-corrected chi connectivity index (χ3v) is 4.29. The molecule has 0 aliphatic heterocycles. The highest BCUT2D eigenvalue weighted by Crippen LogP contribution is 2.26. The van der Waals surface area contributed by atoms with Crippen LogP contribution in [0, 0.1) is 6.92 Å². The van der Waals surface area contributed by atoms with E-state index in [1.807, 2.05) is 30.0 Å². The summed E-state index contributed by atoms with van der Waals surface area (Å²) < 4.78 is 0.971. The van der Waals surface area contributed by atoms with Crippen molar-refractivity contribution in [2.75, 3.05) is 6.54 Å². The zero-order valence-corrected chi connectivity index (χ0v) is 12.7. The third-order valence-electron chi connectivity index (χ3n) is 3.80. The third kappa shape index (κ3) is 2.77. The van der Waals surface area contributed by atoms with E-state index in [0.29, 0.717) is 6.04 Å². The van der Waals surface area contributed by atoms with E-state index < -0.39 is 0 Å². The van der Waals surface area contributed by atoms with Gasteiger partial charge >= 0.3 is 0 Å². The van der Waals surface area contributed by atoms with Gasteiger partial charge in [0.25, 0.3) is 5.91 Å². The van der Waals surface area contributed by atoms with Crippen molar-refractivity contribution < 1.29 is 4.79 Å². The number of halogens is 1. The molecule has 1 aromatic rings.